The lowest BCUT2D eigenvalue weighted by atomic mass is 9.71. The first kappa shape index (κ1) is 31.5. The molecule has 19 heteroatoms. The molecule has 0 radical (unpaired) electrons. The molecule has 4 aromatic carbocycles. The lowest BCUT2D eigenvalue weighted by Gasteiger charge is -2.22. The summed E-state index contributed by atoms with van der Waals surface area (Å²) in [6.07, 6.45) is 0. The van der Waals surface area contributed by atoms with E-state index in [4.69, 9.17) is 0 Å². The SMILES string of the molecule is OB(O)c1cc(-c2c(F)c(F)c(F)c(F)c2F)c(O)c(-c2c(F)c(F)c(F)c(F)c2F)c1-c1c(F)c(F)c(F)c(F)c1F. The van der Waals surface area contributed by atoms with E-state index < -0.39 is 139 Å². The van der Waals surface area contributed by atoms with Crippen LogP contribution in [-0.4, -0.2) is 22.3 Å². The maximum atomic E-state index is 14.9. The van der Waals surface area contributed by atoms with Gasteiger partial charge < -0.3 is 15.2 Å². The fraction of sp³-hybridized carbons (Fsp3) is 0. The number of halogens is 15. The zero-order valence-electron chi connectivity index (χ0n) is 19.7. The van der Waals surface area contributed by atoms with E-state index in [9.17, 15) is 81.0 Å². The van der Waals surface area contributed by atoms with Crippen molar-refractivity contribution in [3.8, 4) is 39.1 Å². The average molecular weight is 636 g/mol. The van der Waals surface area contributed by atoms with Gasteiger partial charge in [0.25, 0.3) is 0 Å². The number of benzene rings is 4. The first-order valence-corrected chi connectivity index (χ1v) is 10.7. The first-order valence-electron chi connectivity index (χ1n) is 10.7. The van der Waals surface area contributed by atoms with Crippen molar-refractivity contribution >= 4 is 12.6 Å². The first-order chi connectivity index (χ1) is 19.9. The van der Waals surface area contributed by atoms with Crippen LogP contribution in [0.5, 0.6) is 5.75 Å². The van der Waals surface area contributed by atoms with Crippen LogP contribution in [0.15, 0.2) is 6.07 Å². The van der Waals surface area contributed by atoms with Crippen LogP contribution >= 0.6 is 0 Å². The second-order valence-corrected chi connectivity index (χ2v) is 8.32. The molecule has 226 valence electrons. The molecule has 0 bridgehead atoms. The number of aromatic hydroxyl groups is 1. The average Bonchev–Trinajstić information content (AvgIpc) is 2.97. The van der Waals surface area contributed by atoms with Crippen molar-refractivity contribution in [2.24, 2.45) is 0 Å². The van der Waals surface area contributed by atoms with Gasteiger partial charge in [-0.05, 0) is 11.0 Å². The Morgan fingerprint density at radius 3 is 0.907 bits per heavy atom. The summed E-state index contributed by atoms with van der Waals surface area (Å²) in [6, 6.07) is -0.290. The van der Waals surface area contributed by atoms with Gasteiger partial charge in [-0.15, -0.1) is 0 Å². The molecule has 43 heavy (non-hydrogen) atoms. The Hall–Kier alpha value is -4.39. The van der Waals surface area contributed by atoms with Crippen LogP contribution in [0.25, 0.3) is 33.4 Å². The molecule has 3 N–H and O–H groups in total. The number of rotatable bonds is 4. The van der Waals surface area contributed by atoms with Gasteiger partial charge in [-0.25, -0.2) is 65.9 Å². The van der Waals surface area contributed by atoms with Gasteiger partial charge in [0.15, 0.2) is 69.8 Å². The topological polar surface area (TPSA) is 60.7 Å². The van der Waals surface area contributed by atoms with Crippen LogP contribution in [0.2, 0.25) is 0 Å². The van der Waals surface area contributed by atoms with Gasteiger partial charge in [0.2, 0.25) is 17.5 Å². The largest absolute Gasteiger partial charge is 0.507 e. The van der Waals surface area contributed by atoms with E-state index in [1.165, 1.54) is 0 Å². The molecule has 3 nitrogen and oxygen atoms in total. The second-order valence-electron chi connectivity index (χ2n) is 8.32. The van der Waals surface area contributed by atoms with Crippen molar-refractivity contribution in [2.75, 3.05) is 0 Å². The Morgan fingerprint density at radius 1 is 0.349 bits per heavy atom. The van der Waals surface area contributed by atoms with Gasteiger partial charge in [0.1, 0.15) is 5.75 Å². The summed E-state index contributed by atoms with van der Waals surface area (Å²) in [5.41, 5.74) is -15.5. The normalized spacial score (nSPS) is 11.5. The van der Waals surface area contributed by atoms with E-state index in [-0.39, 0.29) is 6.07 Å². The molecule has 0 unspecified atom stereocenters. The van der Waals surface area contributed by atoms with Gasteiger partial charge in [-0.3, -0.25) is 0 Å². The highest BCUT2D eigenvalue weighted by Gasteiger charge is 2.39. The fourth-order valence-electron chi connectivity index (χ4n) is 4.09. The highest BCUT2D eigenvalue weighted by Crippen LogP contribution is 2.49. The summed E-state index contributed by atoms with van der Waals surface area (Å²) in [6.45, 7) is 0. The van der Waals surface area contributed by atoms with Gasteiger partial charge in [0.05, 0.1) is 16.7 Å². The molecule has 0 amide bonds. The molecule has 0 heterocycles. The van der Waals surface area contributed by atoms with Gasteiger partial charge in [-0.2, -0.15) is 0 Å². The van der Waals surface area contributed by atoms with Crippen LogP contribution in [0.1, 0.15) is 0 Å². The molecule has 4 aromatic rings. The fourth-order valence-corrected chi connectivity index (χ4v) is 4.09. The van der Waals surface area contributed by atoms with E-state index in [0.29, 0.717) is 0 Å². The van der Waals surface area contributed by atoms with Crippen LogP contribution < -0.4 is 5.46 Å². The maximum absolute atomic E-state index is 14.9. The van der Waals surface area contributed by atoms with Crippen molar-refractivity contribution in [3.05, 3.63) is 93.3 Å². The van der Waals surface area contributed by atoms with Crippen LogP contribution in [0.3, 0.4) is 0 Å². The zero-order chi connectivity index (χ0) is 32.6. The quantitative estimate of drug-likeness (QED) is 0.109. The van der Waals surface area contributed by atoms with Crippen LogP contribution in [0, 0.1) is 87.3 Å². The smallest absolute Gasteiger partial charge is 0.489 e. The Morgan fingerprint density at radius 2 is 0.605 bits per heavy atom. The minimum absolute atomic E-state index is 0.290. The third-order valence-corrected chi connectivity index (χ3v) is 6.01. The molecular formula is C24H4BF15O3. The molecule has 0 aliphatic rings. The van der Waals surface area contributed by atoms with E-state index in [1.54, 1.807) is 0 Å². The number of phenolic OH excluding ortho intramolecular Hbond substituents is 1. The monoisotopic (exact) mass is 636 g/mol. The van der Waals surface area contributed by atoms with Gasteiger partial charge in [0, 0.05) is 11.1 Å². The van der Waals surface area contributed by atoms with Gasteiger partial charge >= 0.3 is 7.12 Å². The molecule has 0 saturated heterocycles. The maximum Gasteiger partial charge on any atom is 0.489 e. The number of phenols is 1. The summed E-state index contributed by atoms with van der Waals surface area (Å²) in [4.78, 5) is 0. The highest BCUT2D eigenvalue weighted by molar-refractivity contribution is 6.61. The summed E-state index contributed by atoms with van der Waals surface area (Å²) in [7, 11) is -3.43. The third kappa shape index (κ3) is 4.44. The van der Waals surface area contributed by atoms with Crippen LogP contribution in [-0.2, 0) is 0 Å². The standard InChI is InChI=1S/C24H4BF15O3/c26-9-4(10(27)16(33)21(38)15(9)32)2-1-3(25(42)43)5(7-11(28)17(34)22(39)18(35)12(7)29)6(24(2)41)8-13(30)19(36)23(40)20(37)14(8)31/h1,41-43H. The second kappa shape index (κ2) is 10.7. The van der Waals surface area contributed by atoms with Crippen LogP contribution in [0.4, 0.5) is 65.9 Å². The van der Waals surface area contributed by atoms with E-state index in [2.05, 4.69) is 0 Å². The van der Waals surface area contributed by atoms with E-state index >= 15 is 0 Å². The highest BCUT2D eigenvalue weighted by atomic mass is 19.2. The number of hydrogen-bond donors (Lipinski definition) is 3. The Bertz CT molecular complexity index is 1790. The summed E-state index contributed by atoms with van der Waals surface area (Å²) >= 11 is 0. The van der Waals surface area contributed by atoms with Crippen molar-refractivity contribution in [2.45, 2.75) is 0 Å². The van der Waals surface area contributed by atoms with E-state index in [0.717, 1.165) is 0 Å². The minimum atomic E-state index is -3.43. The molecule has 0 aromatic heterocycles. The Kier molecular flexibility index (Phi) is 7.86. The molecule has 0 aliphatic heterocycles. The molecule has 0 atom stereocenters. The zero-order valence-corrected chi connectivity index (χ0v) is 19.7. The lowest BCUT2D eigenvalue weighted by Crippen LogP contribution is -2.33. The minimum Gasteiger partial charge on any atom is -0.507 e. The Balaban J connectivity index is 2.42. The Labute approximate surface area is 226 Å². The summed E-state index contributed by atoms with van der Waals surface area (Å²) < 4.78 is 214. The van der Waals surface area contributed by atoms with E-state index in [1.807, 2.05) is 0 Å². The summed E-state index contributed by atoms with van der Waals surface area (Å²) in [5.74, 6) is -45.8. The van der Waals surface area contributed by atoms with Crippen molar-refractivity contribution in [1.29, 1.82) is 0 Å². The third-order valence-electron chi connectivity index (χ3n) is 6.01. The van der Waals surface area contributed by atoms with Gasteiger partial charge in [-0.1, -0.05) is 6.07 Å². The molecule has 0 saturated carbocycles. The molecule has 0 spiro atoms. The number of hydrogen-bond acceptors (Lipinski definition) is 3. The van der Waals surface area contributed by atoms with Crippen molar-refractivity contribution in [3.63, 3.8) is 0 Å². The predicted octanol–water partition coefficient (Wildman–Crippen LogP) is 6.16. The van der Waals surface area contributed by atoms with Crippen molar-refractivity contribution in [1.82, 2.24) is 0 Å². The molecular weight excluding hydrogens is 632 g/mol. The molecule has 4 rings (SSSR count). The lowest BCUT2D eigenvalue weighted by molar-refractivity contribution is 0.379. The van der Waals surface area contributed by atoms with Crippen molar-refractivity contribution < 1.29 is 81.0 Å². The summed E-state index contributed by atoms with van der Waals surface area (Å²) in [5, 5.41) is 30.5. The molecule has 0 aliphatic carbocycles. The molecule has 0 fully saturated rings. The predicted molar refractivity (Wildman–Crippen MR) is 114 cm³/mol.